The fourth-order valence-electron chi connectivity index (χ4n) is 3.72. The van der Waals surface area contributed by atoms with Crippen LogP contribution in [0.25, 0.3) is 0 Å². The summed E-state index contributed by atoms with van der Waals surface area (Å²) in [5.74, 6) is 0.434. The third-order valence-corrected chi connectivity index (χ3v) is 5.70. The van der Waals surface area contributed by atoms with Gasteiger partial charge in [0.2, 0.25) is 5.95 Å². The Kier molecular flexibility index (Phi) is 12.9. The molecule has 0 saturated heterocycles. The number of aryl methyl sites for hydroxylation is 1. The van der Waals surface area contributed by atoms with Crippen LogP contribution in [-0.2, 0) is 12.8 Å². The van der Waals surface area contributed by atoms with Gasteiger partial charge in [-0.3, -0.25) is 4.98 Å². The summed E-state index contributed by atoms with van der Waals surface area (Å²) < 4.78 is 20.2. The molecule has 0 bridgehead atoms. The second kappa shape index (κ2) is 15.8. The normalized spacial score (nSPS) is 11.1. The van der Waals surface area contributed by atoms with Crippen LogP contribution in [0.15, 0.2) is 30.5 Å². The average molecular weight is 429 g/mol. The van der Waals surface area contributed by atoms with Gasteiger partial charge in [-0.25, -0.2) is 4.98 Å². The molecule has 0 spiro atoms. The van der Waals surface area contributed by atoms with E-state index in [9.17, 15) is 4.39 Å². The lowest BCUT2D eigenvalue weighted by Crippen LogP contribution is -2.03. The molecule has 4 heteroatoms. The van der Waals surface area contributed by atoms with Crippen LogP contribution in [0.3, 0.4) is 0 Å². The maximum atomic E-state index is 14.3. The SMILES string of the molecule is CCCCCCCCCCOc1ccc(Cc2ncc(CCCCCC)nc2F)cc1. The van der Waals surface area contributed by atoms with Crippen molar-refractivity contribution >= 4 is 0 Å². The standard InChI is InChI=1S/C27H41FN2O/c1-3-5-7-9-10-11-12-14-20-31-25-18-16-23(17-19-25)21-26-27(28)30-24(22-29-26)15-13-8-6-4-2/h16-19,22H,3-15,20-21H2,1-2H3. The molecule has 0 unspecified atom stereocenters. The first-order valence-corrected chi connectivity index (χ1v) is 12.4. The fourth-order valence-corrected chi connectivity index (χ4v) is 3.72. The lowest BCUT2D eigenvalue weighted by atomic mass is 10.1. The van der Waals surface area contributed by atoms with Crippen molar-refractivity contribution < 1.29 is 9.13 Å². The topological polar surface area (TPSA) is 35.0 Å². The largest absolute Gasteiger partial charge is 0.494 e. The van der Waals surface area contributed by atoms with Crippen LogP contribution < -0.4 is 4.74 Å². The molecule has 0 amide bonds. The Morgan fingerprint density at radius 3 is 2.03 bits per heavy atom. The Morgan fingerprint density at radius 2 is 1.39 bits per heavy atom. The molecule has 1 heterocycles. The summed E-state index contributed by atoms with van der Waals surface area (Å²) in [6.07, 6.45) is 18.0. The van der Waals surface area contributed by atoms with E-state index in [1.54, 1.807) is 6.20 Å². The highest BCUT2D eigenvalue weighted by Crippen LogP contribution is 2.17. The number of rotatable bonds is 17. The number of aromatic nitrogens is 2. The predicted molar refractivity (Wildman–Crippen MR) is 127 cm³/mol. The van der Waals surface area contributed by atoms with Crippen LogP contribution in [0.5, 0.6) is 5.75 Å². The van der Waals surface area contributed by atoms with Gasteiger partial charge in [-0.05, 0) is 37.0 Å². The van der Waals surface area contributed by atoms with Crippen LogP contribution in [-0.4, -0.2) is 16.6 Å². The molecule has 1 aromatic heterocycles. The lowest BCUT2D eigenvalue weighted by molar-refractivity contribution is 0.304. The second-order valence-electron chi connectivity index (χ2n) is 8.55. The quantitative estimate of drug-likeness (QED) is 0.241. The Labute approximate surface area is 188 Å². The molecular formula is C27H41FN2O. The average Bonchev–Trinajstić information content (AvgIpc) is 2.78. The number of hydrogen-bond donors (Lipinski definition) is 0. The van der Waals surface area contributed by atoms with Gasteiger partial charge < -0.3 is 4.74 Å². The summed E-state index contributed by atoms with van der Waals surface area (Å²) in [6.45, 7) is 5.20. The van der Waals surface area contributed by atoms with Crippen LogP contribution in [0.1, 0.15) is 108 Å². The molecule has 2 rings (SSSR count). The predicted octanol–water partition coefficient (Wildman–Crippen LogP) is 7.85. The van der Waals surface area contributed by atoms with Gasteiger partial charge in [-0.2, -0.15) is 4.39 Å². The van der Waals surface area contributed by atoms with E-state index in [2.05, 4.69) is 23.8 Å². The highest BCUT2D eigenvalue weighted by atomic mass is 19.1. The third kappa shape index (κ3) is 10.8. The molecule has 0 saturated carbocycles. The summed E-state index contributed by atoms with van der Waals surface area (Å²) >= 11 is 0. The van der Waals surface area contributed by atoms with E-state index < -0.39 is 5.95 Å². The van der Waals surface area contributed by atoms with Crippen molar-refractivity contribution in [3.63, 3.8) is 0 Å². The number of benzene rings is 1. The van der Waals surface area contributed by atoms with Gasteiger partial charge in [-0.15, -0.1) is 0 Å². The molecule has 31 heavy (non-hydrogen) atoms. The molecule has 2 aromatic rings. The minimum absolute atomic E-state index is 0.407. The van der Waals surface area contributed by atoms with Crippen molar-refractivity contribution in [1.29, 1.82) is 0 Å². The minimum Gasteiger partial charge on any atom is -0.494 e. The van der Waals surface area contributed by atoms with Crippen molar-refractivity contribution in [3.8, 4) is 5.75 Å². The van der Waals surface area contributed by atoms with Gasteiger partial charge in [-0.1, -0.05) is 90.2 Å². The van der Waals surface area contributed by atoms with Crippen LogP contribution in [0, 0.1) is 5.95 Å². The van der Waals surface area contributed by atoms with Gasteiger partial charge in [0, 0.05) is 12.6 Å². The summed E-state index contributed by atoms with van der Waals surface area (Å²) in [4.78, 5) is 8.44. The van der Waals surface area contributed by atoms with E-state index in [1.807, 2.05) is 24.3 Å². The molecule has 0 fully saturated rings. The Morgan fingerprint density at radius 1 is 0.774 bits per heavy atom. The zero-order valence-corrected chi connectivity index (χ0v) is 19.7. The van der Waals surface area contributed by atoms with Gasteiger partial charge in [0.25, 0.3) is 0 Å². The molecule has 0 aliphatic rings. The van der Waals surface area contributed by atoms with E-state index in [0.717, 1.165) is 49.3 Å². The van der Waals surface area contributed by atoms with E-state index in [1.165, 1.54) is 57.8 Å². The smallest absolute Gasteiger partial charge is 0.235 e. The summed E-state index contributed by atoms with van der Waals surface area (Å²) in [5, 5.41) is 0. The zero-order chi connectivity index (χ0) is 22.2. The number of ether oxygens (including phenoxy) is 1. The number of nitrogens with zero attached hydrogens (tertiary/aromatic N) is 2. The van der Waals surface area contributed by atoms with Crippen molar-refractivity contribution in [2.75, 3.05) is 6.61 Å². The highest BCUT2D eigenvalue weighted by Gasteiger charge is 2.09. The molecule has 0 atom stereocenters. The van der Waals surface area contributed by atoms with Gasteiger partial charge >= 0.3 is 0 Å². The van der Waals surface area contributed by atoms with Gasteiger partial charge in [0.15, 0.2) is 0 Å². The van der Waals surface area contributed by atoms with E-state index in [0.29, 0.717) is 12.1 Å². The molecule has 0 radical (unpaired) electrons. The van der Waals surface area contributed by atoms with E-state index in [-0.39, 0.29) is 0 Å². The molecule has 0 aliphatic carbocycles. The van der Waals surface area contributed by atoms with Crippen molar-refractivity contribution in [3.05, 3.63) is 53.4 Å². The minimum atomic E-state index is -0.442. The maximum Gasteiger partial charge on any atom is 0.235 e. The molecule has 3 nitrogen and oxygen atoms in total. The summed E-state index contributed by atoms with van der Waals surface area (Å²) in [5.41, 5.74) is 2.18. The monoisotopic (exact) mass is 428 g/mol. The van der Waals surface area contributed by atoms with Gasteiger partial charge in [0.05, 0.1) is 18.0 Å². The summed E-state index contributed by atoms with van der Waals surface area (Å²) in [7, 11) is 0. The molecule has 172 valence electrons. The maximum absolute atomic E-state index is 14.3. The van der Waals surface area contributed by atoms with Crippen LogP contribution in [0.2, 0.25) is 0 Å². The Bertz CT molecular complexity index is 718. The first-order valence-electron chi connectivity index (χ1n) is 12.4. The van der Waals surface area contributed by atoms with Crippen molar-refractivity contribution in [2.45, 2.75) is 104 Å². The van der Waals surface area contributed by atoms with E-state index >= 15 is 0 Å². The molecule has 0 aliphatic heterocycles. The molecule has 1 aromatic carbocycles. The van der Waals surface area contributed by atoms with Crippen LogP contribution in [0.4, 0.5) is 4.39 Å². The highest BCUT2D eigenvalue weighted by molar-refractivity contribution is 5.29. The Balaban J connectivity index is 1.67. The van der Waals surface area contributed by atoms with Crippen molar-refractivity contribution in [1.82, 2.24) is 9.97 Å². The lowest BCUT2D eigenvalue weighted by Gasteiger charge is -2.08. The summed E-state index contributed by atoms with van der Waals surface area (Å²) in [6, 6.07) is 7.91. The number of unbranched alkanes of at least 4 members (excludes halogenated alkanes) is 10. The molecule has 0 N–H and O–H groups in total. The van der Waals surface area contributed by atoms with Crippen LogP contribution >= 0.6 is 0 Å². The van der Waals surface area contributed by atoms with Crippen molar-refractivity contribution in [2.24, 2.45) is 0 Å². The number of halogens is 1. The first kappa shape index (κ1) is 25.3. The zero-order valence-electron chi connectivity index (χ0n) is 19.7. The third-order valence-electron chi connectivity index (χ3n) is 5.70. The van der Waals surface area contributed by atoms with Gasteiger partial charge in [0.1, 0.15) is 5.75 Å². The first-order chi connectivity index (χ1) is 15.2. The Hall–Kier alpha value is -1.97. The molecular weight excluding hydrogens is 387 g/mol. The second-order valence-corrected chi connectivity index (χ2v) is 8.55. The fraction of sp³-hybridized carbons (Fsp3) is 0.630. The number of hydrogen-bond acceptors (Lipinski definition) is 3. The van der Waals surface area contributed by atoms with E-state index in [4.69, 9.17) is 4.74 Å².